The lowest BCUT2D eigenvalue weighted by Gasteiger charge is -2.51. The number of aliphatic carboxylic acids is 3. The first-order valence-corrected chi connectivity index (χ1v) is 15.9. The number of allylic oxidation sites excluding steroid dienone is 2. The second-order valence-corrected chi connectivity index (χ2v) is 11.1. The highest BCUT2D eigenvalue weighted by molar-refractivity contribution is 5.77. The van der Waals surface area contributed by atoms with Crippen LogP contribution in [0.15, 0.2) is 12.2 Å². The topological polar surface area (TPSA) is 115 Å². The number of quaternary nitrogens is 1. The minimum atomic E-state index is -1.36. The van der Waals surface area contributed by atoms with Crippen LogP contribution in [0.1, 0.15) is 150 Å². The van der Waals surface area contributed by atoms with E-state index in [-0.39, 0.29) is 25.8 Å². The molecule has 3 atom stereocenters. The summed E-state index contributed by atoms with van der Waals surface area (Å²) in [6.45, 7) is 7.35. The molecule has 0 aromatic carbocycles. The minimum absolute atomic E-state index is 0.132. The first-order valence-electron chi connectivity index (χ1n) is 15.9. The van der Waals surface area contributed by atoms with Gasteiger partial charge in [0.25, 0.3) is 0 Å². The average Bonchev–Trinajstić information content (AvgIpc) is 2.88. The molecule has 0 heterocycles. The van der Waals surface area contributed by atoms with Gasteiger partial charge >= 0.3 is 11.9 Å². The van der Waals surface area contributed by atoms with E-state index in [9.17, 15) is 29.7 Å². The van der Waals surface area contributed by atoms with Crippen LogP contribution in [0.5, 0.6) is 0 Å². The van der Waals surface area contributed by atoms with E-state index < -0.39 is 40.5 Å². The largest absolute Gasteiger partial charge is 0.544 e. The van der Waals surface area contributed by atoms with Crippen molar-refractivity contribution in [1.82, 2.24) is 0 Å². The molecule has 0 spiro atoms. The Kier molecular flexibility index (Phi) is 21.8. The highest BCUT2D eigenvalue weighted by Gasteiger charge is 2.53. The van der Waals surface area contributed by atoms with Gasteiger partial charge in [-0.2, -0.15) is 0 Å². The number of nitrogens with zero attached hydrogens (tertiary/aromatic N) is 1. The summed E-state index contributed by atoms with van der Waals surface area (Å²) in [5.41, 5.74) is 0. The Morgan fingerprint density at radius 3 is 1.23 bits per heavy atom. The summed E-state index contributed by atoms with van der Waals surface area (Å²) < 4.78 is -0.466. The van der Waals surface area contributed by atoms with Crippen LogP contribution in [-0.2, 0) is 14.4 Å². The van der Waals surface area contributed by atoms with Crippen LogP contribution in [0.3, 0.4) is 0 Å². The lowest BCUT2D eigenvalue weighted by atomic mass is 9.93. The van der Waals surface area contributed by atoms with E-state index in [1.807, 2.05) is 0 Å². The van der Waals surface area contributed by atoms with Gasteiger partial charge in [0.2, 0.25) is 0 Å². The van der Waals surface area contributed by atoms with Crippen LogP contribution in [0.2, 0.25) is 0 Å². The average molecular weight is 554 g/mol. The van der Waals surface area contributed by atoms with E-state index in [0.29, 0.717) is 6.42 Å². The zero-order valence-electron chi connectivity index (χ0n) is 25.5. The third kappa shape index (κ3) is 13.8. The van der Waals surface area contributed by atoms with Gasteiger partial charge in [-0.3, -0.25) is 4.48 Å². The molecule has 0 aliphatic heterocycles. The van der Waals surface area contributed by atoms with Gasteiger partial charge in [-0.05, 0) is 32.6 Å². The van der Waals surface area contributed by atoms with Crippen LogP contribution in [0, 0.1) is 0 Å². The third-order valence-electron chi connectivity index (χ3n) is 8.40. The molecule has 228 valence electrons. The first-order chi connectivity index (χ1) is 18.7. The summed E-state index contributed by atoms with van der Waals surface area (Å²) in [5.74, 6) is -3.65. The monoisotopic (exact) mass is 553 g/mol. The van der Waals surface area contributed by atoms with Gasteiger partial charge < -0.3 is 20.1 Å². The van der Waals surface area contributed by atoms with Crippen molar-refractivity contribution in [1.29, 1.82) is 0 Å². The third-order valence-corrected chi connectivity index (χ3v) is 8.40. The molecule has 3 unspecified atom stereocenters. The molecule has 7 nitrogen and oxygen atoms in total. The second kappa shape index (κ2) is 22.9. The Hall–Kier alpha value is -1.89. The normalized spacial score (nSPS) is 15.6. The molecule has 2 N–H and O–H groups in total. The zero-order valence-corrected chi connectivity index (χ0v) is 25.5. The molecule has 39 heavy (non-hydrogen) atoms. The van der Waals surface area contributed by atoms with E-state index in [4.69, 9.17) is 0 Å². The predicted octanol–water partition coefficient (Wildman–Crippen LogP) is 6.88. The highest BCUT2D eigenvalue weighted by atomic mass is 16.4. The molecule has 0 fully saturated rings. The van der Waals surface area contributed by atoms with Crippen LogP contribution in [0.4, 0.5) is 0 Å². The molecule has 0 aromatic heterocycles. The predicted molar refractivity (Wildman–Crippen MR) is 156 cm³/mol. The molecule has 0 saturated carbocycles. The molecule has 0 aliphatic carbocycles. The Morgan fingerprint density at radius 2 is 0.949 bits per heavy atom. The summed E-state index contributed by atoms with van der Waals surface area (Å²) in [7, 11) is 0. The maximum Gasteiger partial charge on any atom is 0.362 e. The van der Waals surface area contributed by atoms with E-state index >= 15 is 0 Å². The van der Waals surface area contributed by atoms with Crippen molar-refractivity contribution in [2.75, 3.05) is 6.54 Å². The lowest BCUT2D eigenvalue weighted by Crippen LogP contribution is -2.73. The fraction of sp³-hybridized carbons (Fsp3) is 0.844. The maximum atomic E-state index is 12.2. The van der Waals surface area contributed by atoms with Gasteiger partial charge in [0, 0.05) is 19.3 Å². The van der Waals surface area contributed by atoms with Crippen molar-refractivity contribution in [2.24, 2.45) is 0 Å². The number of carbonyl (C=O) groups excluding carboxylic acids is 1. The van der Waals surface area contributed by atoms with Crippen molar-refractivity contribution in [3.05, 3.63) is 12.2 Å². The molecule has 0 aliphatic rings. The minimum Gasteiger partial charge on any atom is -0.544 e. The Balaban J connectivity index is 4.54. The molecule has 0 saturated heterocycles. The van der Waals surface area contributed by atoms with Crippen molar-refractivity contribution in [2.45, 2.75) is 168 Å². The number of carbonyl (C=O) groups is 3. The number of rotatable bonds is 27. The Bertz CT molecular complexity index is 637. The highest BCUT2D eigenvalue weighted by Crippen LogP contribution is 2.32. The second-order valence-electron chi connectivity index (χ2n) is 11.1. The maximum absolute atomic E-state index is 12.2. The van der Waals surface area contributed by atoms with Gasteiger partial charge in [-0.1, -0.05) is 110 Å². The van der Waals surface area contributed by atoms with E-state index in [2.05, 4.69) is 19.1 Å². The number of carboxylic acids is 3. The number of hydrogen-bond donors (Lipinski definition) is 2. The molecular formula is C32H59NO6. The molecule has 0 amide bonds. The van der Waals surface area contributed by atoms with Crippen LogP contribution in [-0.4, -0.2) is 57.3 Å². The zero-order chi connectivity index (χ0) is 29.5. The quantitative estimate of drug-likeness (QED) is 0.0651. The van der Waals surface area contributed by atoms with Crippen molar-refractivity contribution in [3.63, 3.8) is 0 Å². The number of carboxylic acid groups (broad SMARTS) is 3. The Morgan fingerprint density at radius 1 is 0.615 bits per heavy atom. The molecule has 0 rings (SSSR count). The molecule has 0 radical (unpaired) electrons. The van der Waals surface area contributed by atoms with Crippen LogP contribution in [0.25, 0.3) is 0 Å². The van der Waals surface area contributed by atoms with E-state index in [0.717, 1.165) is 19.3 Å². The van der Waals surface area contributed by atoms with Gasteiger partial charge in [0.05, 0.1) is 12.5 Å². The summed E-state index contributed by atoms with van der Waals surface area (Å²) in [6.07, 6.45) is 23.9. The standard InChI is InChI=1S/C32H59NO6/c1-5-9-10-11-12-13-14-15-16-17-18-19-20-21-22-23-24-25-26-33(27(6-2)30(34)35,28(7-3)31(36)37)29(8-4)32(38)39/h5,9,27-29H,6-8,10-26H2,1-4H3,(H2-,34,35,36,37,38,39)/b9-5+. The summed E-state index contributed by atoms with van der Waals surface area (Å²) >= 11 is 0. The van der Waals surface area contributed by atoms with Gasteiger partial charge in [-0.15, -0.1) is 0 Å². The van der Waals surface area contributed by atoms with Crippen molar-refractivity contribution >= 4 is 17.9 Å². The lowest BCUT2D eigenvalue weighted by molar-refractivity contribution is -0.974. The summed E-state index contributed by atoms with van der Waals surface area (Å²) in [6, 6.07) is -3.37. The van der Waals surface area contributed by atoms with Crippen molar-refractivity contribution < 1.29 is 34.2 Å². The SMILES string of the molecule is C/C=C/CCCCCCCCCCCCCCCCC[N+](C(CC)C(=O)[O-])(C(CC)C(=O)O)C(CC)C(=O)O. The van der Waals surface area contributed by atoms with Crippen LogP contribution >= 0.6 is 0 Å². The number of unbranched alkanes of at least 4 members (excludes halogenated alkanes) is 15. The van der Waals surface area contributed by atoms with E-state index in [1.165, 1.54) is 77.0 Å². The fourth-order valence-corrected chi connectivity index (χ4v) is 6.37. The number of hydrogen-bond acceptors (Lipinski definition) is 4. The smallest absolute Gasteiger partial charge is 0.362 e. The molecule has 0 bridgehead atoms. The molecular weight excluding hydrogens is 494 g/mol. The van der Waals surface area contributed by atoms with Gasteiger partial charge in [-0.25, -0.2) is 9.59 Å². The molecule has 0 aromatic rings. The van der Waals surface area contributed by atoms with Gasteiger partial charge in [0.15, 0.2) is 12.1 Å². The summed E-state index contributed by atoms with van der Waals surface area (Å²) in [4.78, 5) is 36.6. The molecule has 7 heteroatoms. The summed E-state index contributed by atoms with van der Waals surface area (Å²) in [5, 5.41) is 32.1. The van der Waals surface area contributed by atoms with E-state index in [1.54, 1.807) is 20.8 Å². The van der Waals surface area contributed by atoms with Crippen LogP contribution < -0.4 is 5.11 Å². The fourth-order valence-electron chi connectivity index (χ4n) is 6.37. The first kappa shape index (κ1) is 37.1. The van der Waals surface area contributed by atoms with Crippen molar-refractivity contribution in [3.8, 4) is 0 Å². The Labute approximate surface area is 238 Å². The van der Waals surface area contributed by atoms with Gasteiger partial charge in [0.1, 0.15) is 6.04 Å².